The Morgan fingerprint density at radius 2 is 1.77 bits per heavy atom. The van der Waals surface area contributed by atoms with E-state index in [0.29, 0.717) is 0 Å². The Bertz CT molecular complexity index is 210. The average Bonchev–Trinajstić information content (AvgIpc) is 2.59. The Hall–Kier alpha value is -0.790. The predicted octanol–water partition coefficient (Wildman–Crippen LogP) is 1.82. The van der Waals surface area contributed by atoms with Crippen LogP contribution in [0, 0.1) is 11.8 Å². The molecule has 1 amide bonds. The fourth-order valence-corrected chi connectivity index (χ4v) is 2.71. The van der Waals surface area contributed by atoms with Gasteiger partial charge in [0.1, 0.15) is 0 Å². The van der Waals surface area contributed by atoms with Crippen LogP contribution >= 0.6 is 0 Å². The number of hydrogen-bond donors (Lipinski definition) is 0. The maximum atomic E-state index is 11.4. The van der Waals surface area contributed by atoms with E-state index in [1.165, 1.54) is 31.8 Å². The molecule has 2 heteroatoms. The number of carbonyl (C=O) groups is 1. The van der Waals surface area contributed by atoms with Gasteiger partial charge in [-0.15, -0.1) is 0 Å². The van der Waals surface area contributed by atoms with E-state index in [9.17, 15) is 4.79 Å². The van der Waals surface area contributed by atoms with Gasteiger partial charge in [0, 0.05) is 13.1 Å². The summed E-state index contributed by atoms with van der Waals surface area (Å²) < 4.78 is 0. The van der Waals surface area contributed by atoms with Crippen molar-refractivity contribution < 1.29 is 4.79 Å². The van der Waals surface area contributed by atoms with Crippen molar-refractivity contribution in [1.82, 2.24) is 4.90 Å². The van der Waals surface area contributed by atoms with Crippen LogP contribution in [0.4, 0.5) is 0 Å². The molecule has 0 bridgehead atoms. The predicted molar refractivity (Wildman–Crippen MR) is 52.2 cm³/mol. The largest absolute Gasteiger partial charge is 0.339 e. The maximum absolute atomic E-state index is 11.4. The average molecular weight is 179 g/mol. The zero-order chi connectivity index (χ0) is 9.26. The molecule has 2 atom stereocenters. The smallest absolute Gasteiger partial charge is 0.245 e. The number of fused-ring (bicyclic) bond motifs is 1. The van der Waals surface area contributed by atoms with E-state index >= 15 is 0 Å². The van der Waals surface area contributed by atoms with Crippen LogP contribution in [0.25, 0.3) is 0 Å². The van der Waals surface area contributed by atoms with Crippen molar-refractivity contribution in [3.05, 3.63) is 12.7 Å². The third-order valence-corrected chi connectivity index (χ3v) is 3.46. The monoisotopic (exact) mass is 179 g/mol. The van der Waals surface area contributed by atoms with Crippen molar-refractivity contribution >= 4 is 5.91 Å². The first-order valence-corrected chi connectivity index (χ1v) is 5.22. The second-order valence-corrected chi connectivity index (χ2v) is 4.25. The first-order valence-electron chi connectivity index (χ1n) is 5.22. The summed E-state index contributed by atoms with van der Waals surface area (Å²) in [6.45, 7) is 5.49. The zero-order valence-electron chi connectivity index (χ0n) is 8.04. The summed E-state index contributed by atoms with van der Waals surface area (Å²) in [4.78, 5) is 13.3. The molecule has 72 valence electrons. The molecule has 2 rings (SSSR count). The summed E-state index contributed by atoms with van der Waals surface area (Å²) in [5.74, 6) is 1.70. The van der Waals surface area contributed by atoms with Gasteiger partial charge in [-0.25, -0.2) is 0 Å². The van der Waals surface area contributed by atoms with Gasteiger partial charge in [-0.05, 0) is 30.8 Å². The highest BCUT2D eigenvalue weighted by Gasteiger charge is 2.35. The Labute approximate surface area is 79.6 Å². The summed E-state index contributed by atoms with van der Waals surface area (Å²) in [6, 6.07) is 0. The van der Waals surface area contributed by atoms with Gasteiger partial charge in [0.05, 0.1) is 0 Å². The molecule has 0 N–H and O–H groups in total. The number of rotatable bonds is 1. The van der Waals surface area contributed by atoms with Gasteiger partial charge in [0.15, 0.2) is 0 Å². The van der Waals surface area contributed by atoms with Crippen molar-refractivity contribution in [2.75, 3.05) is 13.1 Å². The standard InChI is InChI=1S/C11H17NO/c1-2-11(13)12-7-9-5-3-4-6-10(9)8-12/h2,9-10H,1,3-8H2/t9-,10+. The highest BCUT2D eigenvalue weighted by molar-refractivity contribution is 5.87. The van der Waals surface area contributed by atoms with E-state index in [2.05, 4.69) is 6.58 Å². The quantitative estimate of drug-likeness (QED) is 0.562. The molecule has 1 aliphatic carbocycles. The molecule has 0 aromatic carbocycles. The minimum Gasteiger partial charge on any atom is -0.339 e. The molecule has 0 spiro atoms. The van der Waals surface area contributed by atoms with E-state index in [4.69, 9.17) is 0 Å². The van der Waals surface area contributed by atoms with Crippen LogP contribution in [0.5, 0.6) is 0 Å². The van der Waals surface area contributed by atoms with Crippen molar-refractivity contribution in [3.63, 3.8) is 0 Å². The molecule has 2 fully saturated rings. The molecule has 1 saturated carbocycles. The van der Waals surface area contributed by atoms with Crippen LogP contribution in [-0.2, 0) is 4.79 Å². The first-order chi connectivity index (χ1) is 6.31. The lowest BCUT2D eigenvalue weighted by Crippen LogP contribution is -2.26. The zero-order valence-corrected chi connectivity index (χ0v) is 8.04. The van der Waals surface area contributed by atoms with Gasteiger partial charge >= 0.3 is 0 Å². The number of likely N-dealkylation sites (tertiary alicyclic amines) is 1. The summed E-state index contributed by atoms with van der Waals surface area (Å²) in [5, 5.41) is 0. The summed E-state index contributed by atoms with van der Waals surface area (Å²) >= 11 is 0. The van der Waals surface area contributed by atoms with Crippen molar-refractivity contribution in [1.29, 1.82) is 0 Å². The summed E-state index contributed by atoms with van der Waals surface area (Å²) in [6.07, 6.45) is 6.81. The molecular formula is C11H17NO. The van der Waals surface area contributed by atoms with Gasteiger partial charge < -0.3 is 4.90 Å². The Morgan fingerprint density at radius 3 is 2.23 bits per heavy atom. The van der Waals surface area contributed by atoms with Crippen LogP contribution < -0.4 is 0 Å². The van der Waals surface area contributed by atoms with Crippen LogP contribution in [-0.4, -0.2) is 23.9 Å². The fraction of sp³-hybridized carbons (Fsp3) is 0.727. The van der Waals surface area contributed by atoms with Crippen LogP contribution in [0.2, 0.25) is 0 Å². The van der Waals surface area contributed by atoms with Crippen molar-refractivity contribution in [2.24, 2.45) is 11.8 Å². The lowest BCUT2D eigenvalue weighted by Gasteiger charge is -2.22. The molecule has 1 aliphatic heterocycles. The number of hydrogen-bond acceptors (Lipinski definition) is 1. The summed E-state index contributed by atoms with van der Waals surface area (Å²) in [5.41, 5.74) is 0. The van der Waals surface area contributed by atoms with E-state index in [0.717, 1.165) is 24.9 Å². The Balaban J connectivity index is 1.98. The van der Waals surface area contributed by atoms with Crippen LogP contribution in [0.1, 0.15) is 25.7 Å². The topological polar surface area (TPSA) is 20.3 Å². The van der Waals surface area contributed by atoms with E-state index < -0.39 is 0 Å². The fourth-order valence-electron chi connectivity index (χ4n) is 2.71. The summed E-state index contributed by atoms with van der Waals surface area (Å²) in [7, 11) is 0. The molecule has 0 unspecified atom stereocenters. The highest BCUT2D eigenvalue weighted by Crippen LogP contribution is 2.35. The molecule has 0 aromatic rings. The van der Waals surface area contributed by atoms with Crippen molar-refractivity contribution in [3.8, 4) is 0 Å². The third kappa shape index (κ3) is 1.62. The maximum Gasteiger partial charge on any atom is 0.245 e. The minimum absolute atomic E-state index is 0.120. The highest BCUT2D eigenvalue weighted by atomic mass is 16.2. The van der Waals surface area contributed by atoms with Gasteiger partial charge in [-0.1, -0.05) is 19.4 Å². The molecule has 2 aliphatic rings. The molecule has 0 radical (unpaired) electrons. The van der Waals surface area contributed by atoms with Gasteiger partial charge in [-0.3, -0.25) is 4.79 Å². The number of nitrogens with zero attached hydrogens (tertiary/aromatic N) is 1. The first kappa shape index (κ1) is 8.79. The normalized spacial score (nSPS) is 32.8. The van der Waals surface area contributed by atoms with Crippen LogP contribution in [0.3, 0.4) is 0 Å². The Kier molecular flexibility index (Phi) is 2.38. The Morgan fingerprint density at radius 1 is 1.23 bits per heavy atom. The van der Waals surface area contributed by atoms with Crippen molar-refractivity contribution in [2.45, 2.75) is 25.7 Å². The van der Waals surface area contributed by atoms with E-state index in [1.54, 1.807) is 0 Å². The minimum atomic E-state index is 0.120. The third-order valence-electron chi connectivity index (χ3n) is 3.46. The van der Waals surface area contributed by atoms with E-state index in [1.807, 2.05) is 4.90 Å². The lowest BCUT2D eigenvalue weighted by atomic mass is 9.82. The lowest BCUT2D eigenvalue weighted by molar-refractivity contribution is -0.125. The second kappa shape index (κ2) is 3.52. The molecule has 13 heavy (non-hydrogen) atoms. The number of amides is 1. The van der Waals surface area contributed by atoms with Gasteiger partial charge in [-0.2, -0.15) is 0 Å². The molecule has 2 nitrogen and oxygen atoms in total. The van der Waals surface area contributed by atoms with E-state index in [-0.39, 0.29) is 5.91 Å². The molecule has 1 heterocycles. The SMILES string of the molecule is C=CC(=O)N1C[C@H]2CCCC[C@H]2C1. The molecule has 1 saturated heterocycles. The van der Waals surface area contributed by atoms with Gasteiger partial charge in [0.2, 0.25) is 5.91 Å². The van der Waals surface area contributed by atoms with Gasteiger partial charge in [0.25, 0.3) is 0 Å². The molecular weight excluding hydrogens is 162 g/mol. The second-order valence-electron chi connectivity index (χ2n) is 4.25. The van der Waals surface area contributed by atoms with Crippen LogP contribution in [0.15, 0.2) is 12.7 Å². The number of carbonyl (C=O) groups excluding carboxylic acids is 1. The molecule has 0 aromatic heterocycles.